The van der Waals surface area contributed by atoms with Crippen molar-refractivity contribution >= 4 is 22.5 Å². The minimum absolute atomic E-state index is 0.0743. The minimum atomic E-state index is -0.0743. The van der Waals surface area contributed by atoms with Crippen molar-refractivity contribution in [1.82, 2.24) is 4.98 Å². The highest BCUT2D eigenvalue weighted by molar-refractivity contribution is 5.97. The first-order valence-electron chi connectivity index (χ1n) is 9.37. The number of amides is 1. The van der Waals surface area contributed by atoms with E-state index in [9.17, 15) is 4.79 Å². The molecular weight excluding hydrogens is 340 g/mol. The second-order valence-electron chi connectivity index (χ2n) is 7.02. The molecule has 5 heteroatoms. The van der Waals surface area contributed by atoms with Crippen LogP contribution in [0.5, 0.6) is 11.5 Å². The van der Waals surface area contributed by atoms with Crippen molar-refractivity contribution < 1.29 is 14.3 Å². The lowest BCUT2D eigenvalue weighted by molar-refractivity contribution is -0.115. The van der Waals surface area contributed by atoms with Gasteiger partial charge in [-0.2, -0.15) is 0 Å². The number of para-hydroxylation sites is 1. The van der Waals surface area contributed by atoms with Crippen molar-refractivity contribution in [2.45, 2.75) is 39.7 Å². The molecule has 0 saturated heterocycles. The van der Waals surface area contributed by atoms with E-state index < -0.39 is 0 Å². The summed E-state index contributed by atoms with van der Waals surface area (Å²) in [5.74, 6) is 1.44. The second-order valence-corrected chi connectivity index (χ2v) is 7.02. The normalized spacial score (nSPS) is 15.4. The predicted octanol–water partition coefficient (Wildman–Crippen LogP) is 4.38. The van der Waals surface area contributed by atoms with Crippen molar-refractivity contribution in [3.8, 4) is 11.5 Å². The quantitative estimate of drug-likeness (QED) is 0.706. The van der Waals surface area contributed by atoms with Crippen molar-refractivity contribution in [2.24, 2.45) is 0 Å². The summed E-state index contributed by atoms with van der Waals surface area (Å²) >= 11 is 0. The maximum absolute atomic E-state index is 12.8. The molecule has 1 aromatic heterocycles. The Morgan fingerprint density at radius 3 is 2.96 bits per heavy atom. The van der Waals surface area contributed by atoms with Crippen molar-refractivity contribution in [3.63, 3.8) is 0 Å². The third kappa shape index (κ3) is 3.37. The molecule has 0 fully saturated rings. The van der Waals surface area contributed by atoms with Gasteiger partial charge >= 0.3 is 0 Å². The largest absolute Gasteiger partial charge is 0.492 e. The zero-order chi connectivity index (χ0) is 19.0. The fourth-order valence-electron chi connectivity index (χ4n) is 3.73. The SMILES string of the molecule is CCOc1cc2c(cc1NC(=O)Cc1c(C)[nH]c3ccccc13)OC(C)C2. The number of anilines is 1. The van der Waals surface area contributed by atoms with Crippen LogP contribution in [0.2, 0.25) is 0 Å². The Bertz CT molecular complexity index is 1010. The molecule has 2 heterocycles. The number of H-pyrrole nitrogens is 1. The van der Waals surface area contributed by atoms with Gasteiger partial charge in [-0.05, 0) is 38.5 Å². The molecule has 0 bridgehead atoms. The number of ether oxygens (including phenoxy) is 2. The molecule has 0 spiro atoms. The lowest BCUT2D eigenvalue weighted by Gasteiger charge is -2.13. The van der Waals surface area contributed by atoms with Crippen molar-refractivity contribution in [2.75, 3.05) is 11.9 Å². The summed E-state index contributed by atoms with van der Waals surface area (Å²) in [6, 6.07) is 11.9. The molecule has 1 unspecified atom stereocenters. The van der Waals surface area contributed by atoms with Crippen LogP contribution in [0.15, 0.2) is 36.4 Å². The van der Waals surface area contributed by atoms with Gasteiger partial charge in [0.2, 0.25) is 5.91 Å². The van der Waals surface area contributed by atoms with Gasteiger partial charge in [0.15, 0.2) is 0 Å². The summed E-state index contributed by atoms with van der Waals surface area (Å²) in [4.78, 5) is 16.1. The standard InChI is InChI=1S/C22H24N2O3/c1-4-26-21-10-15-9-13(2)27-20(15)12-19(21)24-22(25)11-17-14(3)23-18-8-6-5-7-16(17)18/h5-8,10,12-13,23H,4,9,11H2,1-3H3,(H,24,25). The van der Waals surface area contributed by atoms with Crippen molar-refractivity contribution in [1.29, 1.82) is 0 Å². The van der Waals surface area contributed by atoms with Crippen LogP contribution in [0.25, 0.3) is 10.9 Å². The average Bonchev–Trinajstić information content (AvgIpc) is 3.14. The molecule has 140 valence electrons. The number of carbonyl (C=O) groups is 1. The van der Waals surface area contributed by atoms with Gasteiger partial charge in [-0.25, -0.2) is 0 Å². The number of rotatable bonds is 5. The molecule has 27 heavy (non-hydrogen) atoms. The van der Waals surface area contributed by atoms with Crippen LogP contribution in [-0.2, 0) is 17.6 Å². The lowest BCUT2D eigenvalue weighted by Crippen LogP contribution is -2.15. The van der Waals surface area contributed by atoms with E-state index in [2.05, 4.69) is 10.3 Å². The van der Waals surface area contributed by atoms with Gasteiger partial charge in [-0.15, -0.1) is 0 Å². The van der Waals surface area contributed by atoms with Crippen LogP contribution in [-0.4, -0.2) is 23.6 Å². The molecular formula is C22H24N2O3. The Hall–Kier alpha value is -2.95. The first-order valence-corrected chi connectivity index (χ1v) is 9.37. The number of nitrogens with one attached hydrogen (secondary N) is 2. The molecule has 1 amide bonds. The molecule has 3 aromatic rings. The number of fused-ring (bicyclic) bond motifs is 2. The summed E-state index contributed by atoms with van der Waals surface area (Å²) in [5, 5.41) is 4.10. The molecule has 0 aliphatic carbocycles. The number of benzene rings is 2. The number of aromatic nitrogens is 1. The lowest BCUT2D eigenvalue weighted by atomic mass is 10.1. The summed E-state index contributed by atoms with van der Waals surface area (Å²) in [7, 11) is 0. The Morgan fingerprint density at radius 2 is 2.15 bits per heavy atom. The predicted molar refractivity (Wildman–Crippen MR) is 107 cm³/mol. The summed E-state index contributed by atoms with van der Waals surface area (Å²) in [6.45, 7) is 6.52. The van der Waals surface area contributed by atoms with Gasteiger partial charge in [0.25, 0.3) is 0 Å². The zero-order valence-electron chi connectivity index (χ0n) is 15.9. The van der Waals surface area contributed by atoms with E-state index in [4.69, 9.17) is 9.47 Å². The molecule has 2 aromatic carbocycles. The molecule has 0 saturated carbocycles. The van der Waals surface area contributed by atoms with E-state index >= 15 is 0 Å². The van der Waals surface area contributed by atoms with Gasteiger partial charge in [0.05, 0.1) is 18.7 Å². The van der Waals surface area contributed by atoms with E-state index in [0.29, 0.717) is 24.5 Å². The monoisotopic (exact) mass is 364 g/mol. The zero-order valence-corrected chi connectivity index (χ0v) is 15.9. The Kier molecular flexibility index (Phi) is 4.52. The Labute approximate surface area is 158 Å². The van der Waals surface area contributed by atoms with Crippen LogP contribution < -0.4 is 14.8 Å². The first-order chi connectivity index (χ1) is 13.0. The number of aryl methyl sites for hydroxylation is 1. The van der Waals surface area contributed by atoms with Gasteiger partial charge in [0.1, 0.15) is 17.6 Å². The van der Waals surface area contributed by atoms with Gasteiger partial charge in [-0.1, -0.05) is 18.2 Å². The number of hydrogen-bond acceptors (Lipinski definition) is 3. The fraction of sp³-hybridized carbons (Fsp3) is 0.318. The summed E-state index contributed by atoms with van der Waals surface area (Å²) in [5.41, 5.74) is 4.87. The first kappa shape index (κ1) is 17.5. The highest BCUT2D eigenvalue weighted by Gasteiger charge is 2.23. The third-order valence-electron chi connectivity index (χ3n) is 4.94. The van der Waals surface area contributed by atoms with E-state index in [-0.39, 0.29) is 12.0 Å². The van der Waals surface area contributed by atoms with E-state index in [1.807, 2.05) is 57.2 Å². The van der Waals surface area contributed by atoms with Gasteiger partial charge < -0.3 is 19.8 Å². The van der Waals surface area contributed by atoms with Crippen molar-refractivity contribution in [3.05, 3.63) is 53.2 Å². The maximum atomic E-state index is 12.8. The van der Waals surface area contributed by atoms with Crippen LogP contribution in [0.1, 0.15) is 30.7 Å². The van der Waals surface area contributed by atoms with E-state index in [0.717, 1.165) is 39.9 Å². The number of carbonyl (C=O) groups excluding carboxylic acids is 1. The number of aromatic amines is 1. The molecule has 1 atom stereocenters. The molecule has 5 nitrogen and oxygen atoms in total. The Morgan fingerprint density at radius 1 is 1.33 bits per heavy atom. The van der Waals surface area contributed by atoms with Gasteiger partial charge in [-0.3, -0.25) is 4.79 Å². The van der Waals surface area contributed by atoms with Gasteiger partial charge in [0, 0.05) is 34.6 Å². The van der Waals surface area contributed by atoms with Crippen LogP contribution >= 0.6 is 0 Å². The van der Waals surface area contributed by atoms with Crippen LogP contribution in [0.3, 0.4) is 0 Å². The molecule has 1 aliphatic rings. The maximum Gasteiger partial charge on any atom is 0.228 e. The number of hydrogen-bond donors (Lipinski definition) is 2. The molecule has 0 radical (unpaired) electrons. The Balaban J connectivity index is 1.59. The van der Waals surface area contributed by atoms with Crippen LogP contribution in [0, 0.1) is 6.92 Å². The third-order valence-corrected chi connectivity index (χ3v) is 4.94. The highest BCUT2D eigenvalue weighted by atomic mass is 16.5. The fourth-order valence-corrected chi connectivity index (χ4v) is 3.73. The van der Waals surface area contributed by atoms with E-state index in [1.54, 1.807) is 0 Å². The molecule has 2 N–H and O–H groups in total. The molecule has 1 aliphatic heterocycles. The summed E-state index contributed by atoms with van der Waals surface area (Å²) in [6.07, 6.45) is 1.31. The second kappa shape index (κ2) is 6.99. The minimum Gasteiger partial charge on any atom is -0.492 e. The summed E-state index contributed by atoms with van der Waals surface area (Å²) < 4.78 is 11.6. The highest BCUT2D eigenvalue weighted by Crippen LogP contribution is 2.38. The average molecular weight is 364 g/mol. The molecule has 4 rings (SSSR count). The van der Waals surface area contributed by atoms with E-state index in [1.165, 1.54) is 0 Å². The smallest absolute Gasteiger partial charge is 0.228 e. The van der Waals surface area contributed by atoms with Crippen LogP contribution in [0.4, 0.5) is 5.69 Å². The topological polar surface area (TPSA) is 63.3 Å².